The van der Waals surface area contributed by atoms with Crippen LogP contribution < -0.4 is 5.32 Å². The highest BCUT2D eigenvalue weighted by Gasteiger charge is 2.26. The number of nitrogens with zero attached hydrogens (tertiary/aromatic N) is 2. The quantitative estimate of drug-likeness (QED) is 0.820. The van der Waals surface area contributed by atoms with Crippen LogP contribution in [-0.4, -0.2) is 47.9 Å². The second-order valence-corrected chi connectivity index (χ2v) is 8.06. The number of amides is 1. The van der Waals surface area contributed by atoms with E-state index >= 15 is 0 Å². The number of halogens is 2. The van der Waals surface area contributed by atoms with Crippen molar-refractivity contribution in [3.8, 4) is 0 Å². The SMILES string of the molecule is C[C@@H](C(=O)Nc1cc(Cl)ccc1Cl)N1CCN(Cc2cccs2)CC1. The monoisotopic (exact) mass is 397 g/mol. The van der Waals surface area contributed by atoms with Gasteiger partial charge in [0.05, 0.1) is 16.8 Å². The molecule has 1 aliphatic heterocycles. The Morgan fingerprint density at radius 2 is 2.00 bits per heavy atom. The maximum atomic E-state index is 12.5. The number of piperazine rings is 1. The topological polar surface area (TPSA) is 35.6 Å². The zero-order valence-electron chi connectivity index (χ0n) is 14.0. The van der Waals surface area contributed by atoms with E-state index in [2.05, 4.69) is 32.6 Å². The molecule has 1 fully saturated rings. The van der Waals surface area contributed by atoms with Crippen LogP contribution in [-0.2, 0) is 11.3 Å². The van der Waals surface area contributed by atoms with Crippen molar-refractivity contribution in [2.75, 3.05) is 31.5 Å². The zero-order valence-corrected chi connectivity index (χ0v) is 16.4. The molecule has 2 aromatic rings. The summed E-state index contributed by atoms with van der Waals surface area (Å²) in [6.45, 7) is 6.61. The van der Waals surface area contributed by atoms with Gasteiger partial charge in [-0.25, -0.2) is 0 Å². The maximum Gasteiger partial charge on any atom is 0.241 e. The molecule has 1 N–H and O–H groups in total. The van der Waals surface area contributed by atoms with Crippen molar-refractivity contribution in [3.63, 3.8) is 0 Å². The van der Waals surface area contributed by atoms with Gasteiger partial charge in [0, 0.05) is 42.6 Å². The number of carbonyl (C=O) groups is 1. The molecule has 1 amide bonds. The Balaban J connectivity index is 1.52. The van der Waals surface area contributed by atoms with Gasteiger partial charge >= 0.3 is 0 Å². The molecule has 4 nitrogen and oxygen atoms in total. The van der Waals surface area contributed by atoms with Crippen molar-refractivity contribution in [2.45, 2.75) is 19.5 Å². The summed E-state index contributed by atoms with van der Waals surface area (Å²) in [7, 11) is 0. The Hall–Kier alpha value is -1.11. The van der Waals surface area contributed by atoms with Crippen LogP contribution in [0.5, 0.6) is 0 Å². The van der Waals surface area contributed by atoms with Gasteiger partial charge in [-0.15, -0.1) is 11.3 Å². The van der Waals surface area contributed by atoms with Crippen LogP contribution in [0.25, 0.3) is 0 Å². The minimum atomic E-state index is -0.209. The zero-order chi connectivity index (χ0) is 17.8. The fourth-order valence-corrected chi connectivity index (χ4v) is 4.01. The van der Waals surface area contributed by atoms with Gasteiger partial charge in [0.1, 0.15) is 0 Å². The van der Waals surface area contributed by atoms with Gasteiger partial charge in [-0.1, -0.05) is 29.3 Å². The van der Waals surface area contributed by atoms with Crippen LogP contribution in [0, 0.1) is 0 Å². The van der Waals surface area contributed by atoms with Gasteiger partial charge in [0.2, 0.25) is 5.91 Å². The van der Waals surface area contributed by atoms with E-state index in [0.29, 0.717) is 15.7 Å². The number of benzene rings is 1. The lowest BCUT2D eigenvalue weighted by Gasteiger charge is -2.37. The molecule has 0 radical (unpaired) electrons. The van der Waals surface area contributed by atoms with Crippen molar-refractivity contribution in [1.82, 2.24) is 9.80 Å². The Morgan fingerprint density at radius 1 is 1.24 bits per heavy atom. The molecular formula is C18H21Cl2N3OS. The molecule has 0 spiro atoms. The number of carbonyl (C=O) groups excluding carboxylic acids is 1. The van der Waals surface area contributed by atoms with E-state index in [1.165, 1.54) is 4.88 Å². The van der Waals surface area contributed by atoms with Crippen LogP contribution in [0.1, 0.15) is 11.8 Å². The second-order valence-electron chi connectivity index (χ2n) is 6.18. The molecule has 0 aliphatic carbocycles. The molecule has 1 aromatic carbocycles. The van der Waals surface area contributed by atoms with Crippen LogP contribution in [0.2, 0.25) is 10.0 Å². The third-order valence-electron chi connectivity index (χ3n) is 4.48. The summed E-state index contributed by atoms with van der Waals surface area (Å²) in [6, 6.07) is 9.11. The summed E-state index contributed by atoms with van der Waals surface area (Å²) < 4.78 is 0. The third kappa shape index (κ3) is 4.96. The summed E-state index contributed by atoms with van der Waals surface area (Å²) in [6.07, 6.45) is 0. The van der Waals surface area contributed by atoms with E-state index in [1.807, 2.05) is 6.92 Å². The van der Waals surface area contributed by atoms with E-state index in [0.717, 1.165) is 32.7 Å². The normalized spacial score (nSPS) is 17.4. The van der Waals surface area contributed by atoms with Crippen LogP contribution in [0.4, 0.5) is 5.69 Å². The fourth-order valence-electron chi connectivity index (χ4n) is 2.93. The van der Waals surface area contributed by atoms with Gasteiger partial charge in [-0.05, 0) is 36.6 Å². The first kappa shape index (κ1) is 18.7. The predicted molar refractivity (Wildman–Crippen MR) is 106 cm³/mol. The van der Waals surface area contributed by atoms with E-state index in [4.69, 9.17) is 23.2 Å². The van der Waals surface area contributed by atoms with Crippen molar-refractivity contribution in [3.05, 3.63) is 50.6 Å². The lowest BCUT2D eigenvalue weighted by Crippen LogP contribution is -2.52. The Bertz CT molecular complexity index is 715. The first-order valence-corrected chi connectivity index (χ1v) is 9.91. The summed E-state index contributed by atoms with van der Waals surface area (Å²) in [4.78, 5) is 18.6. The number of hydrogen-bond acceptors (Lipinski definition) is 4. The van der Waals surface area contributed by atoms with E-state index in [9.17, 15) is 4.79 Å². The lowest BCUT2D eigenvalue weighted by atomic mass is 10.2. The molecule has 2 heterocycles. The summed E-state index contributed by atoms with van der Waals surface area (Å²) in [5, 5.41) is 6.04. The fraction of sp³-hybridized carbons (Fsp3) is 0.389. The average molecular weight is 398 g/mol. The second kappa shape index (κ2) is 8.52. The largest absolute Gasteiger partial charge is 0.323 e. The molecule has 7 heteroatoms. The molecule has 134 valence electrons. The van der Waals surface area contributed by atoms with E-state index in [-0.39, 0.29) is 11.9 Å². The van der Waals surface area contributed by atoms with Gasteiger partial charge in [0.25, 0.3) is 0 Å². The van der Waals surface area contributed by atoms with E-state index in [1.54, 1.807) is 29.5 Å². The van der Waals surface area contributed by atoms with Gasteiger partial charge < -0.3 is 5.32 Å². The number of anilines is 1. The standard InChI is InChI=1S/C18H21Cl2N3OS/c1-13(18(24)21-17-11-14(19)4-5-16(17)20)23-8-6-22(7-9-23)12-15-3-2-10-25-15/h2-5,10-11,13H,6-9,12H2,1H3,(H,21,24)/t13-/m0/s1. The first-order chi connectivity index (χ1) is 12.0. The number of nitrogens with one attached hydrogen (secondary N) is 1. The van der Waals surface area contributed by atoms with Gasteiger partial charge in [-0.3, -0.25) is 14.6 Å². The van der Waals surface area contributed by atoms with Crippen LogP contribution in [0.3, 0.4) is 0 Å². The Labute approximate surface area is 162 Å². The molecule has 1 atom stereocenters. The maximum absolute atomic E-state index is 12.5. The summed E-state index contributed by atoms with van der Waals surface area (Å²) in [5.41, 5.74) is 0.558. The first-order valence-electron chi connectivity index (χ1n) is 8.27. The van der Waals surface area contributed by atoms with Crippen molar-refractivity contribution in [1.29, 1.82) is 0 Å². The molecule has 25 heavy (non-hydrogen) atoms. The number of thiophene rings is 1. The number of rotatable bonds is 5. The van der Waals surface area contributed by atoms with Crippen molar-refractivity contribution in [2.24, 2.45) is 0 Å². The minimum Gasteiger partial charge on any atom is -0.323 e. The Kier molecular flexibility index (Phi) is 6.36. The van der Waals surface area contributed by atoms with Gasteiger partial charge in [-0.2, -0.15) is 0 Å². The molecular weight excluding hydrogens is 377 g/mol. The molecule has 3 rings (SSSR count). The van der Waals surface area contributed by atoms with Crippen LogP contribution in [0.15, 0.2) is 35.7 Å². The van der Waals surface area contributed by atoms with Crippen molar-refractivity contribution >= 4 is 46.1 Å². The lowest BCUT2D eigenvalue weighted by molar-refractivity contribution is -0.121. The van der Waals surface area contributed by atoms with Crippen molar-refractivity contribution < 1.29 is 4.79 Å². The predicted octanol–water partition coefficient (Wildman–Crippen LogP) is 4.20. The van der Waals surface area contributed by atoms with E-state index < -0.39 is 0 Å². The molecule has 1 aromatic heterocycles. The summed E-state index contributed by atoms with van der Waals surface area (Å²) >= 11 is 13.9. The smallest absolute Gasteiger partial charge is 0.241 e. The highest BCUT2D eigenvalue weighted by atomic mass is 35.5. The Morgan fingerprint density at radius 3 is 2.68 bits per heavy atom. The molecule has 1 saturated heterocycles. The molecule has 0 unspecified atom stereocenters. The highest BCUT2D eigenvalue weighted by molar-refractivity contribution is 7.09. The van der Waals surface area contributed by atoms with Gasteiger partial charge in [0.15, 0.2) is 0 Å². The number of hydrogen-bond donors (Lipinski definition) is 1. The molecule has 0 saturated carbocycles. The minimum absolute atomic E-state index is 0.0594. The highest BCUT2D eigenvalue weighted by Crippen LogP contribution is 2.26. The average Bonchev–Trinajstić information content (AvgIpc) is 3.11. The summed E-state index contributed by atoms with van der Waals surface area (Å²) in [5.74, 6) is -0.0594. The molecule has 1 aliphatic rings. The molecule has 0 bridgehead atoms. The third-order valence-corrected chi connectivity index (χ3v) is 5.91. The van der Waals surface area contributed by atoms with Crippen LogP contribution >= 0.6 is 34.5 Å².